The Bertz CT molecular complexity index is 659. The Hall–Kier alpha value is -2.20. The van der Waals surface area contributed by atoms with Gasteiger partial charge in [-0.15, -0.1) is 0 Å². The molecule has 0 spiro atoms. The van der Waals surface area contributed by atoms with Crippen molar-refractivity contribution in [2.45, 2.75) is 38.3 Å². The summed E-state index contributed by atoms with van der Waals surface area (Å²) in [5.41, 5.74) is 2.50. The molecule has 0 N–H and O–H groups in total. The average Bonchev–Trinajstić information content (AvgIpc) is 2.67. The van der Waals surface area contributed by atoms with Crippen molar-refractivity contribution < 1.29 is 4.79 Å². The number of pyridine rings is 1. The SMILES string of the molecule is CN(CCc1ccncc1)C(=O)[C@@H]1CCCCN1Cc1ccccc1. The molecule has 1 fully saturated rings. The summed E-state index contributed by atoms with van der Waals surface area (Å²) in [6.45, 7) is 2.61. The Morgan fingerprint density at radius 3 is 2.64 bits per heavy atom. The molecule has 1 amide bonds. The second-order valence-electron chi connectivity index (χ2n) is 6.83. The molecule has 4 heteroatoms. The van der Waals surface area contributed by atoms with E-state index in [1.807, 2.05) is 30.1 Å². The zero-order chi connectivity index (χ0) is 17.5. The predicted octanol–water partition coefficient (Wildman–Crippen LogP) is 3.14. The fourth-order valence-electron chi connectivity index (χ4n) is 3.49. The van der Waals surface area contributed by atoms with Crippen LogP contribution in [0.3, 0.4) is 0 Å². The van der Waals surface area contributed by atoms with Crippen LogP contribution in [-0.2, 0) is 17.8 Å². The molecule has 0 saturated carbocycles. The number of likely N-dealkylation sites (tertiary alicyclic amines) is 1. The Morgan fingerprint density at radius 2 is 1.88 bits per heavy atom. The molecule has 132 valence electrons. The Kier molecular flexibility index (Phi) is 6.18. The van der Waals surface area contributed by atoms with E-state index in [4.69, 9.17) is 0 Å². The summed E-state index contributed by atoms with van der Waals surface area (Å²) in [6.07, 6.45) is 7.76. The van der Waals surface area contributed by atoms with Crippen molar-refractivity contribution in [2.24, 2.45) is 0 Å². The van der Waals surface area contributed by atoms with Crippen LogP contribution in [0.4, 0.5) is 0 Å². The summed E-state index contributed by atoms with van der Waals surface area (Å²) in [5, 5.41) is 0. The van der Waals surface area contributed by atoms with Crippen LogP contribution >= 0.6 is 0 Å². The van der Waals surface area contributed by atoms with Crippen molar-refractivity contribution in [3.63, 3.8) is 0 Å². The highest BCUT2D eigenvalue weighted by atomic mass is 16.2. The molecular formula is C21H27N3O. The van der Waals surface area contributed by atoms with E-state index in [-0.39, 0.29) is 11.9 Å². The number of nitrogens with zero attached hydrogens (tertiary/aromatic N) is 3. The molecule has 2 aromatic rings. The highest BCUT2D eigenvalue weighted by molar-refractivity contribution is 5.81. The summed E-state index contributed by atoms with van der Waals surface area (Å²) in [5.74, 6) is 0.254. The molecule has 1 aromatic heterocycles. The number of carbonyl (C=O) groups is 1. The lowest BCUT2D eigenvalue weighted by molar-refractivity contribution is -0.137. The van der Waals surface area contributed by atoms with E-state index in [1.54, 1.807) is 12.4 Å². The van der Waals surface area contributed by atoms with Crippen molar-refractivity contribution in [2.75, 3.05) is 20.1 Å². The topological polar surface area (TPSA) is 36.4 Å². The number of hydrogen-bond acceptors (Lipinski definition) is 3. The second kappa shape index (κ2) is 8.77. The first kappa shape index (κ1) is 17.6. The maximum atomic E-state index is 13.0. The highest BCUT2D eigenvalue weighted by Crippen LogP contribution is 2.21. The van der Waals surface area contributed by atoms with E-state index in [0.29, 0.717) is 0 Å². The van der Waals surface area contributed by atoms with E-state index >= 15 is 0 Å². The third-order valence-corrected chi connectivity index (χ3v) is 4.99. The number of likely N-dealkylation sites (N-methyl/N-ethyl adjacent to an activating group) is 1. The first-order chi connectivity index (χ1) is 12.2. The average molecular weight is 337 g/mol. The molecule has 0 radical (unpaired) electrons. The maximum Gasteiger partial charge on any atom is 0.239 e. The van der Waals surface area contributed by atoms with Crippen LogP contribution in [-0.4, -0.2) is 46.9 Å². The van der Waals surface area contributed by atoms with Crippen LogP contribution in [0.2, 0.25) is 0 Å². The van der Waals surface area contributed by atoms with Crippen molar-refractivity contribution in [3.8, 4) is 0 Å². The van der Waals surface area contributed by atoms with Gasteiger partial charge < -0.3 is 4.90 Å². The molecule has 1 atom stereocenters. The summed E-state index contributed by atoms with van der Waals surface area (Å²) in [4.78, 5) is 21.3. The molecule has 0 bridgehead atoms. The lowest BCUT2D eigenvalue weighted by atomic mass is 9.99. The quantitative estimate of drug-likeness (QED) is 0.812. The van der Waals surface area contributed by atoms with Crippen LogP contribution in [0.25, 0.3) is 0 Å². The van der Waals surface area contributed by atoms with Crippen molar-refractivity contribution in [1.29, 1.82) is 0 Å². The number of benzene rings is 1. The largest absolute Gasteiger partial charge is 0.344 e. The van der Waals surface area contributed by atoms with Crippen LogP contribution in [0.5, 0.6) is 0 Å². The van der Waals surface area contributed by atoms with Crippen LogP contribution < -0.4 is 0 Å². The second-order valence-corrected chi connectivity index (χ2v) is 6.83. The van der Waals surface area contributed by atoms with Gasteiger partial charge in [-0.3, -0.25) is 14.7 Å². The summed E-state index contributed by atoms with van der Waals surface area (Å²) < 4.78 is 0. The number of carbonyl (C=O) groups excluding carboxylic acids is 1. The van der Waals surface area contributed by atoms with Gasteiger partial charge in [-0.2, -0.15) is 0 Å². The fourth-order valence-corrected chi connectivity index (χ4v) is 3.49. The number of aromatic nitrogens is 1. The van der Waals surface area contributed by atoms with Crippen LogP contribution in [0.1, 0.15) is 30.4 Å². The lowest BCUT2D eigenvalue weighted by Crippen LogP contribution is -2.49. The lowest BCUT2D eigenvalue weighted by Gasteiger charge is -2.36. The van der Waals surface area contributed by atoms with Gasteiger partial charge in [-0.05, 0) is 49.1 Å². The molecular weight excluding hydrogens is 310 g/mol. The standard InChI is InChI=1S/C21H27N3O/c1-23(16-12-18-10-13-22-14-11-18)21(25)20-9-5-6-15-24(20)17-19-7-3-2-4-8-19/h2-4,7-8,10-11,13-14,20H,5-6,9,12,15-17H2,1H3/t20-/m0/s1. The highest BCUT2D eigenvalue weighted by Gasteiger charge is 2.30. The Labute approximate surface area is 150 Å². The zero-order valence-electron chi connectivity index (χ0n) is 15.0. The van der Waals surface area contributed by atoms with Crippen LogP contribution in [0.15, 0.2) is 54.9 Å². The molecule has 0 aliphatic carbocycles. The van der Waals surface area contributed by atoms with E-state index in [9.17, 15) is 4.79 Å². The predicted molar refractivity (Wildman–Crippen MR) is 100 cm³/mol. The van der Waals surface area contributed by atoms with Gasteiger partial charge in [0, 0.05) is 32.5 Å². The van der Waals surface area contributed by atoms with E-state index in [0.717, 1.165) is 38.9 Å². The van der Waals surface area contributed by atoms with Gasteiger partial charge in [0.1, 0.15) is 0 Å². The molecule has 1 saturated heterocycles. The Balaban J connectivity index is 1.59. The third-order valence-electron chi connectivity index (χ3n) is 4.99. The van der Waals surface area contributed by atoms with Gasteiger partial charge >= 0.3 is 0 Å². The molecule has 1 aromatic carbocycles. The van der Waals surface area contributed by atoms with Crippen molar-refractivity contribution in [3.05, 3.63) is 66.0 Å². The summed E-state index contributed by atoms with van der Waals surface area (Å²) >= 11 is 0. The van der Waals surface area contributed by atoms with Gasteiger partial charge in [0.25, 0.3) is 0 Å². The minimum atomic E-state index is 0.0106. The molecule has 4 nitrogen and oxygen atoms in total. The molecule has 3 rings (SSSR count). The molecule has 25 heavy (non-hydrogen) atoms. The summed E-state index contributed by atoms with van der Waals surface area (Å²) in [6, 6.07) is 14.5. The minimum absolute atomic E-state index is 0.0106. The fraction of sp³-hybridized carbons (Fsp3) is 0.429. The maximum absolute atomic E-state index is 13.0. The van der Waals surface area contributed by atoms with Gasteiger partial charge in [0.2, 0.25) is 5.91 Å². The van der Waals surface area contributed by atoms with E-state index in [1.165, 1.54) is 17.5 Å². The smallest absolute Gasteiger partial charge is 0.239 e. The number of rotatable bonds is 6. The monoisotopic (exact) mass is 337 g/mol. The minimum Gasteiger partial charge on any atom is -0.344 e. The van der Waals surface area contributed by atoms with Gasteiger partial charge in [0.15, 0.2) is 0 Å². The third kappa shape index (κ3) is 4.89. The number of hydrogen-bond donors (Lipinski definition) is 0. The van der Waals surface area contributed by atoms with Crippen LogP contribution in [0, 0.1) is 0 Å². The molecule has 1 aliphatic heterocycles. The zero-order valence-corrected chi connectivity index (χ0v) is 15.0. The normalized spacial score (nSPS) is 18.0. The molecule has 2 heterocycles. The van der Waals surface area contributed by atoms with Crippen molar-refractivity contribution in [1.82, 2.24) is 14.8 Å². The van der Waals surface area contributed by atoms with Gasteiger partial charge in [-0.1, -0.05) is 36.8 Å². The number of piperidine rings is 1. The van der Waals surface area contributed by atoms with Gasteiger partial charge in [-0.25, -0.2) is 0 Å². The number of amides is 1. The first-order valence-corrected chi connectivity index (χ1v) is 9.16. The first-order valence-electron chi connectivity index (χ1n) is 9.16. The van der Waals surface area contributed by atoms with Gasteiger partial charge in [0.05, 0.1) is 6.04 Å². The Morgan fingerprint density at radius 1 is 1.12 bits per heavy atom. The summed E-state index contributed by atoms with van der Waals surface area (Å²) in [7, 11) is 1.93. The van der Waals surface area contributed by atoms with E-state index in [2.05, 4.69) is 34.1 Å². The molecule has 0 unspecified atom stereocenters. The van der Waals surface area contributed by atoms with E-state index < -0.39 is 0 Å². The van der Waals surface area contributed by atoms with Crippen molar-refractivity contribution >= 4 is 5.91 Å². The molecule has 1 aliphatic rings.